The molecule has 34 heavy (non-hydrogen) atoms. The van der Waals surface area contributed by atoms with Crippen LogP contribution < -0.4 is 0 Å². The van der Waals surface area contributed by atoms with Gasteiger partial charge < -0.3 is 0 Å². The SMILES string of the molecule is CCc1nn2c(C)cc(C)nc2c1Cc1ccc(N=C(c2ccccc2)c2ccccc2)cc1. The molecule has 0 aliphatic heterocycles. The van der Waals surface area contributed by atoms with E-state index in [4.69, 9.17) is 15.1 Å². The smallest absolute Gasteiger partial charge is 0.159 e. The molecule has 0 amide bonds. The van der Waals surface area contributed by atoms with Crippen molar-refractivity contribution in [3.63, 3.8) is 0 Å². The molecule has 0 fully saturated rings. The second-order valence-electron chi connectivity index (χ2n) is 8.59. The quantitative estimate of drug-likeness (QED) is 0.275. The standard InChI is InChI=1S/C30H28N4/c1-4-28-27(30-31-21(2)19-22(3)34(30)33-28)20-23-15-17-26(18-16-23)32-29(24-11-7-5-8-12-24)25-13-9-6-10-14-25/h5-19H,4,20H2,1-3H3. The van der Waals surface area contributed by atoms with Gasteiger partial charge in [-0.3, -0.25) is 0 Å². The molecule has 0 atom stereocenters. The van der Waals surface area contributed by atoms with Crippen molar-refractivity contribution in [1.82, 2.24) is 14.6 Å². The molecular weight excluding hydrogens is 416 g/mol. The highest BCUT2D eigenvalue weighted by Gasteiger charge is 2.15. The van der Waals surface area contributed by atoms with Gasteiger partial charge >= 0.3 is 0 Å². The summed E-state index contributed by atoms with van der Waals surface area (Å²) in [5, 5.41) is 4.82. The van der Waals surface area contributed by atoms with Crippen LogP contribution in [0.1, 0.15) is 46.3 Å². The van der Waals surface area contributed by atoms with E-state index in [1.165, 1.54) is 11.1 Å². The van der Waals surface area contributed by atoms with Gasteiger partial charge in [0, 0.05) is 34.5 Å². The molecular formula is C30H28N4. The van der Waals surface area contributed by atoms with E-state index in [9.17, 15) is 0 Å². The van der Waals surface area contributed by atoms with Gasteiger partial charge in [-0.05, 0) is 44.0 Å². The van der Waals surface area contributed by atoms with E-state index in [-0.39, 0.29) is 0 Å². The van der Waals surface area contributed by atoms with Crippen LogP contribution in [0.3, 0.4) is 0 Å². The lowest BCUT2D eigenvalue weighted by Gasteiger charge is -2.08. The zero-order chi connectivity index (χ0) is 23.5. The maximum Gasteiger partial charge on any atom is 0.159 e. The van der Waals surface area contributed by atoms with Gasteiger partial charge in [0.05, 0.1) is 17.1 Å². The Hall–Kier alpha value is -4.05. The average molecular weight is 445 g/mol. The Balaban J connectivity index is 1.49. The van der Waals surface area contributed by atoms with Crippen molar-refractivity contribution in [2.24, 2.45) is 4.99 Å². The van der Waals surface area contributed by atoms with E-state index in [0.717, 1.165) is 58.1 Å². The van der Waals surface area contributed by atoms with E-state index in [1.807, 2.05) is 23.6 Å². The molecule has 2 aromatic heterocycles. The summed E-state index contributed by atoms with van der Waals surface area (Å²) in [6.45, 7) is 6.28. The Kier molecular flexibility index (Phi) is 6.05. The highest BCUT2D eigenvalue weighted by molar-refractivity contribution is 6.13. The van der Waals surface area contributed by atoms with Crippen molar-refractivity contribution in [1.29, 1.82) is 0 Å². The van der Waals surface area contributed by atoms with E-state index >= 15 is 0 Å². The maximum absolute atomic E-state index is 5.03. The molecule has 2 heterocycles. The topological polar surface area (TPSA) is 42.5 Å². The molecule has 0 N–H and O–H groups in total. The maximum atomic E-state index is 5.03. The fourth-order valence-electron chi connectivity index (χ4n) is 4.38. The Morgan fingerprint density at radius 3 is 2.03 bits per heavy atom. The summed E-state index contributed by atoms with van der Waals surface area (Å²) >= 11 is 0. The molecule has 0 aliphatic rings. The van der Waals surface area contributed by atoms with Crippen LogP contribution in [0.15, 0.2) is 96.0 Å². The number of aliphatic imine (C=N–C) groups is 1. The normalized spacial score (nSPS) is 11.0. The number of nitrogens with zero attached hydrogens (tertiary/aromatic N) is 4. The molecule has 0 radical (unpaired) electrons. The average Bonchev–Trinajstić information content (AvgIpc) is 3.22. The third kappa shape index (κ3) is 4.40. The van der Waals surface area contributed by atoms with Gasteiger partial charge in [0.15, 0.2) is 5.65 Å². The predicted octanol–water partition coefficient (Wildman–Crippen LogP) is 6.67. The van der Waals surface area contributed by atoms with Crippen molar-refractivity contribution >= 4 is 17.0 Å². The summed E-state index contributed by atoms with van der Waals surface area (Å²) in [5.41, 5.74) is 10.8. The Bertz CT molecular complexity index is 1410. The molecule has 3 aromatic carbocycles. The van der Waals surface area contributed by atoms with Gasteiger partial charge in [-0.25, -0.2) is 14.5 Å². The number of aryl methyl sites for hydroxylation is 3. The van der Waals surface area contributed by atoms with Gasteiger partial charge in [0.25, 0.3) is 0 Å². The van der Waals surface area contributed by atoms with Crippen molar-refractivity contribution in [3.8, 4) is 0 Å². The summed E-state index contributed by atoms with van der Waals surface area (Å²) in [7, 11) is 0. The first-order valence-corrected chi connectivity index (χ1v) is 11.8. The van der Waals surface area contributed by atoms with Crippen LogP contribution in [0.4, 0.5) is 5.69 Å². The molecule has 0 saturated heterocycles. The summed E-state index contributed by atoms with van der Waals surface area (Å²) in [6.07, 6.45) is 1.69. The fourth-order valence-corrected chi connectivity index (χ4v) is 4.38. The summed E-state index contributed by atoms with van der Waals surface area (Å²) in [5.74, 6) is 0. The molecule has 4 heteroatoms. The molecule has 0 spiro atoms. The van der Waals surface area contributed by atoms with Crippen molar-refractivity contribution < 1.29 is 0 Å². The van der Waals surface area contributed by atoms with Crippen LogP contribution in [-0.4, -0.2) is 20.3 Å². The van der Waals surface area contributed by atoms with E-state index in [1.54, 1.807) is 0 Å². The van der Waals surface area contributed by atoms with Crippen molar-refractivity contribution in [3.05, 3.63) is 130 Å². The van der Waals surface area contributed by atoms with Gasteiger partial charge in [0.1, 0.15) is 0 Å². The Morgan fingerprint density at radius 1 is 0.824 bits per heavy atom. The molecule has 0 unspecified atom stereocenters. The highest BCUT2D eigenvalue weighted by atomic mass is 15.3. The van der Waals surface area contributed by atoms with E-state index in [2.05, 4.69) is 92.7 Å². The first-order chi connectivity index (χ1) is 16.6. The Labute approximate surface area is 200 Å². The fraction of sp³-hybridized carbons (Fsp3) is 0.167. The van der Waals surface area contributed by atoms with Gasteiger partial charge in [-0.1, -0.05) is 79.7 Å². The predicted molar refractivity (Wildman–Crippen MR) is 139 cm³/mol. The lowest BCUT2D eigenvalue weighted by atomic mass is 10.0. The highest BCUT2D eigenvalue weighted by Crippen LogP contribution is 2.24. The molecule has 0 saturated carbocycles. The lowest BCUT2D eigenvalue weighted by Crippen LogP contribution is -2.02. The van der Waals surface area contributed by atoms with Crippen LogP contribution in [0.5, 0.6) is 0 Å². The minimum Gasteiger partial charge on any atom is -0.248 e. The van der Waals surface area contributed by atoms with Gasteiger partial charge in [-0.15, -0.1) is 0 Å². The lowest BCUT2D eigenvalue weighted by molar-refractivity contribution is 0.849. The van der Waals surface area contributed by atoms with Crippen LogP contribution >= 0.6 is 0 Å². The van der Waals surface area contributed by atoms with Crippen molar-refractivity contribution in [2.45, 2.75) is 33.6 Å². The van der Waals surface area contributed by atoms with Crippen LogP contribution in [0.2, 0.25) is 0 Å². The molecule has 168 valence electrons. The molecule has 4 nitrogen and oxygen atoms in total. The van der Waals surface area contributed by atoms with Crippen LogP contribution in [0.25, 0.3) is 5.65 Å². The summed E-state index contributed by atoms with van der Waals surface area (Å²) < 4.78 is 1.98. The zero-order valence-electron chi connectivity index (χ0n) is 19.9. The second-order valence-corrected chi connectivity index (χ2v) is 8.59. The van der Waals surface area contributed by atoms with Gasteiger partial charge in [-0.2, -0.15) is 5.10 Å². The molecule has 5 rings (SSSR count). The largest absolute Gasteiger partial charge is 0.248 e. The number of aromatic nitrogens is 3. The first-order valence-electron chi connectivity index (χ1n) is 11.8. The van der Waals surface area contributed by atoms with Crippen LogP contribution in [0, 0.1) is 13.8 Å². The number of rotatable bonds is 6. The number of hydrogen-bond donors (Lipinski definition) is 0. The van der Waals surface area contributed by atoms with E-state index in [0.29, 0.717) is 0 Å². The minimum atomic E-state index is 0.802. The Morgan fingerprint density at radius 2 is 1.44 bits per heavy atom. The van der Waals surface area contributed by atoms with E-state index < -0.39 is 0 Å². The first kappa shape index (κ1) is 21.8. The van der Waals surface area contributed by atoms with Crippen LogP contribution in [-0.2, 0) is 12.8 Å². The number of hydrogen-bond acceptors (Lipinski definition) is 3. The monoisotopic (exact) mass is 444 g/mol. The number of benzene rings is 3. The second kappa shape index (κ2) is 9.44. The third-order valence-corrected chi connectivity index (χ3v) is 6.06. The minimum absolute atomic E-state index is 0.802. The molecule has 0 bridgehead atoms. The van der Waals surface area contributed by atoms with Gasteiger partial charge in [0.2, 0.25) is 0 Å². The molecule has 0 aliphatic carbocycles. The third-order valence-electron chi connectivity index (χ3n) is 6.06. The van der Waals surface area contributed by atoms with Crippen molar-refractivity contribution in [2.75, 3.05) is 0 Å². The summed E-state index contributed by atoms with van der Waals surface area (Å²) in [4.78, 5) is 9.84. The summed E-state index contributed by atoms with van der Waals surface area (Å²) in [6, 6.07) is 31.3. The zero-order valence-corrected chi connectivity index (χ0v) is 19.9. The number of fused-ring (bicyclic) bond motifs is 1. The molecule has 5 aromatic rings.